The first-order chi connectivity index (χ1) is 11.7. The van der Waals surface area contributed by atoms with Gasteiger partial charge in [0.25, 0.3) is 0 Å². The number of nitrogens with one attached hydrogen (secondary N) is 1. The van der Waals surface area contributed by atoms with E-state index < -0.39 is 0 Å². The predicted octanol–water partition coefficient (Wildman–Crippen LogP) is 2.88. The Morgan fingerprint density at radius 1 is 1.42 bits per heavy atom. The lowest BCUT2D eigenvalue weighted by molar-refractivity contribution is -0.121. The molecule has 1 unspecified atom stereocenters. The number of hydrogen-bond donors (Lipinski definition) is 1. The van der Waals surface area contributed by atoms with Gasteiger partial charge in [-0.25, -0.2) is 9.50 Å². The van der Waals surface area contributed by atoms with E-state index in [4.69, 9.17) is 0 Å². The van der Waals surface area contributed by atoms with E-state index in [1.807, 2.05) is 17.6 Å². The summed E-state index contributed by atoms with van der Waals surface area (Å²) in [6, 6.07) is 8.48. The Balaban J connectivity index is 1.28. The van der Waals surface area contributed by atoms with Crippen LogP contribution < -0.4 is 5.32 Å². The fourth-order valence-electron chi connectivity index (χ4n) is 3.45. The molecule has 5 nitrogen and oxygen atoms in total. The normalized spacial score (nSPS) is 16.5. The largest absolute Gasteiger partial charge is 0.356 e. The van der Waals surface area contributed by atoms with E-state index in [-0.39, 0.29) is 5.91 Å². The van der Waals surface area contributed by atoms with Crippen molar-refractivity contribution < 1.29 is 4.79 Å². The van der Waals surface area contributed by atoms with Crippen molar-refractivity contribution in [1.82, 2.24) is 19.9 Å². The molecule has 24 heavy (non-hydrogen) atoms. The fourth-order valence-corrected chi connectivity index (χ4v) is 4.19. The first kappa shape index (κ1) is 15.3. The third-order valence-corrected chi connectivity index (χ3v) is 5.42. The van der Waals surface area contributed by atoms with Gasteiger partial charge in [0.2, 0.25) is 10.9 Å². The van der Waals surface area contributed by atoms with Gasteiger partial charge in [-0.15, -0.1) is 0 Å². The summed E-state index contributed by atoms with van der Waals surface area (Å²) in [5.74, 6) is 0.498. The van der Waals surface area contributed by atoms with Gasteiger partial charge in [-0.1, -0.05) is 35.6 Å². The number of imidazole rings is 1. The number of nitrogens with zero attached hydrogens (tertiary/aromatic N) is 3. The molecular formula is C18H20N4OS. The Kier molecular flexibility index (Phi) is 4.06. The smallest absolute Gasteiger partial charge is 0.220 e. The lowest BCUT2D eigenvalue weighted by atomic mass is 9.97. The van der Waals surface area contributed by atoms with Crippen LogP contribution in [0.3, 0.4) is 0 Å². The van der Waals surface area contributed by atoms with Gasteiger partial charge in [-0.3, -0.25) is 4.79 Å². The number of benzene rings is 1. The standard InChI is InChI=1S/C18H20N4OS/c1-12-21-22-11-15(20-18(22)24-12)8-9-19-17(23)10-14-7-6-13-4-2-3-5-16(13)14/h2-5,11,14H,6-10H2,1H3,(H,19,23). The Hall–Kier alpha value is -2.21. The number of rotatable bonds is 5. The van der Waals surface area contributed by atoms with Crippen LogP contribution in [0.25, 0.3) is 4.96 Å². The molecule has 0 saturated heterocycles. The minimum Gasteiger partial charge on any atom is -0.356 e. The zero-order valence-electron chi connectivity index (χ0n) is 13.7. The van der Waals surface area contributed by atoms with Crippen molar-refractivity contribution in [2.45, 2.75) is 38.5 Å². The molecule has 2 heterocycles. The molecule has 2 aromatic heterocycles. The summed E-state index contributed by atoms with van der Waals surface area (Å²) in [6.07, 6.45) is 5.43. The lowest BCUT2D eigenvalue weighted by Crippen LogP contribution is -2.26. The van der Waals surface area contributed by atoms with Crippen molar-refractivity contribution in [2.24, 2.45) is 0 Å². The third kappa shape index (κ3) is 3.06. The SMILES string of the molecule is Cc1nn2cc(CCNC(=O)CC3CCc4ccccc43)nc2s1. The molecule has 0 radical (unpaired) electrons. The Morgan fingerprint density at radius 2 is 2.29 bits per heavy atom. The molecule has 1 aliphatic rings. The van der Waals surface area contributed by atoms with Crippen LogP contribution >= 0.6 is 11.3 Å². The van der Waals surface area contributed by atoms with Crippen LogP contribution in [0.5, 0.6) is 0 Å². The van der Waals surface area contributed by atoms with Gasteiger partial charge in [0, 0.05) is 19.4 Å². The number of amides is 1. The topological polar surface area (TPSA) is 59.3 Å². The number of aromatic nitrogens is 3. The zero-order chi connectivity index (χ0) is 16.5. The van der Waals surface area contributed by atoms with E-state index in [0.29, 0.717) is 18.9 Å². The molecule has 4 rings (SSSR count). The summed E-state index contributed by atoms with van der Waals surface area (Å²) in [5, 5.41) is 8.39. The average Bonchev–Trinajstić information content (AvgIpc) is 3.21. The summed E-state index contributed by atoms with van der Waals surface area (Å²) in [4.78, 5) is 17.7. The van der Waals surface area contributed by atoms with Crippen LogP contribution in [0.2, 0.25) is 0 Å². The molecule has 124 valence electrons. The Bertz CT molecular complexity index is 851. The number of carbonyl (C=O) groups is 1. The summed E-state index contributed by atoms with van der Waals surface area (Å²) in [7, 11) is 0. The van der Waals surface area contributed by atoms with E-state index in [9.17, 15) is 4.79 Å². The van der Waals surface area contributed by atoms with Gasteiger partial charge < -0.3 is 5.32 Å². The van der Waals surface area contributed by atoms with E-state index >= 15 is 0 Å². The number of aryl methyl sites for hydroxylation is 2. The summed E-state index contributed by atoms with van der Waals surface area (Å²) in [6.45, 7) is 2.59. The highest BCUT2D eigenvalue weighted by Gasteiger charge is 2.23. The molecule has 0 saturated carbocycles. The van der Waals surface area contributed by atoms with Crippen LogP contribution in [0.4, 0.5) is 0 Å². The molecule has 0 aliphatic heterocycles. The Morgan fingerprint density at radius 3 is 3.17 bits per heavy atom. The van der Waals surface area contributed by atoms with E-state index in [0.717, 1.165) is 34.9 Å². The van der Waals surface area contributed by atoms with E-state index in [2.05, 4.69) is 39.7 Å². The van der Waals surface area contributed by atoms with Crippen molar-refractivity contribution in [3.63, 3.8) is 0 Å². The number of fused-ring (bicyclic) bond motifs is 2. The molecule has 1 aromatic carbocycles. The highest BCUT2D eigenvalue weighted by atomic mass is 32.1. The van der Waals surface area contributed by atoms with Crippen LogP contribution in [0, 0.1) is 6.92 Å². The lowest BCUT2D eigenvalue weighted by Gasteiger charge is -2.11. The monoisotopic (exact) mass is 340 g/mol. The van der Waals surface area contributed by atoms with Gasteiger partial charge in [0.15, 0.2) is 0 Å². The molecule has 1 aliphatic carbocycles. The van der Waals surface area contributed by atoms with Crippen molar-refractivity contribution >= 4 is 22.2 Å². The molecule has 1 atom stereocenters. The van der Waals surface area contributed by atoms with Crippen LogP contribution in [-0.4, -0.2) is 27.0 Å². The van der Waals surface area contributed by atoms with Crippen molar-refractivity contribution in [2.75, 3.05) is 6.54 Å². The van der Waals surface area contributed by atoms with Gasteiger partial charge >= 0.3 is 0 Å². The fraction of sp³-hybridized carbons (Fsp3) is 0.389. The second kappa shape index (κ2) is 6.36. The quantitative estimate of drug-likeness (QED) is 0.777. The third-order valence-electron chi connectivity index (χ3n) is 4.59. The summed E-state index contributed by atoms with van der Waals surface area (Å²) in [5.41, 5.74) is 3.72. The van der Waals surface area contributed by atoms with Crippen LogP contribution in [0.1, 0.15) is 40.6 Å². The first-order valence-electron chi connectivity index (χ1n) is 8.35. The minimum absolute atomic E-state index is 0.131. The van der Waals surface area contributed by atoms with Gasteiger partial charge in [-0.2, -0.15) is 5.10 Å². The van der Waals surface area contributed by atoms with E-state index in [1.165, 1.54) is 11.1 Å². The molecule has 0 fully saturated rings. The molecule has 0 spiro atoms. The molecule has 1 amide bonds. The van der Waals surface area contributed by atoms with Crippen LogP contribution in [0.15, 0.2) is 30.5 Å². The van der Waals surface area contributed by atoms with Crippen molar-refractivity contribution in [3.8, 4) is 0 Å². The second-order valence-corrected chi connectivity index (χ2v) is 7.48. The first-order valence-corrected chi connectivity index (χ1v) is 9.17. The average molecular weight is 340 g/mol. The predicted molar refractivity (Wildman–Crippen MR) is 94.4 cm³/mol. The molecule has 3 aromatic rings. The van der Waals surface area contributed by atoms with E-state index in [1.54, 1.807) is 11.3 Å². The molecule has 0 bridgehead atoms. The number of carbonyl (C=O) groups excluding carboxylic acids is 1. The zero-order valence-corrected chi connectivity index (χ0v) is 14.5. The van der Waals surface area contributed by atoms with Gasteiger partial charge in [0.05, 0.1) is 11.9 Å². The maximum Gasteiger partial charge on any atom is 0.220 e. The van der Waals surface area contributed by atoms with Crippen LogP contribution in [-0.2, 0) is 17.6 Å². The minimum atomic E-state index is 0.131. The van der Waals surface area contributed by atoms with Crippen molar-refractivity contribution in [1.29, 1.82) is 0 Å². The highest BCUT2D eigenvalue weighted by molar-refractivity contribution is 7.16. The summed E-state index contributed by atoms with van der Waals surface area (Å²) >= 11 is 1.58. The molecule has 1 N–H and O–H groups in total. The Labute approximate surface area is 144 Å². The molecule has 6 heteroatoms. The van der Waals surface area contributed by atoms with Crippen molar-refractivity contribution in [3.05, 3.63) is 52.3 Å². The summed E-state index contributed by atoms with van der Waals surface area (Å²) < 4.78 is 1.81. The maximum atomic E-state index is 12.2. The second-order valence-electron chi connectivity index (χ2n) is 6.32. The number of hydrogen-bond acceptors (Lipinski definition) is 4. The highest BCUT2D eigenvalue weighted by Crippen LogP contribution is 2.34. The maximum absolute atomic E-state index is 12.2. The van der Waals surface area contributed by atoms with Gasteiger partial charge in [-0.05, 0) is 36.8 Å². The van der Waals surface area contributed by atoms with Gasteiger partial charge in [0.1, 0.15) is 5.01 Å². The molecular weight excluding hydrogens is 320 g/mol.